The highest BCUT2D eigenvalue weighted by atomic mass is 16.5. The van der Waals surface area contributed by atoms with E-state index in [2.05, 4.69) is 16.9 Å². The van der Waals surface area contributed by atoms with Gasteiger partial charge in [0, 0.05) is 17.8 Å². The molecule has 0 saturated carbocycles. The number of hydrogen-bond donors (Lipinski definition) is 3. The van der Waals surface area contributed by atoms with Crippen LogP contribution in [0.1, 0.15) is 11.8 Å². The minimum absolute atomic E-state index is 0.0191. The maximum absolute atomic E-state index is 12.4. The number of benzene rings is 1. The van der Waals surface area contributed by atoms with Crippen molar-refractivity contribution in [2.75, 3.05) is 26.1 Å². The minimum Gasteiger partial charge on any atom is -0.497 e. The van der Waals surface area contributed by atoms with Crippen LogP contribution in [-0.4, -0.2) is 58.7 Å². The van der Waals surface area contributed by atoms with Gasteiger partial charge in [-0.05, 0) is 23.8 Å². The van der Waals surface area contributed by atoms with Crippen LogP contribution >= 0.6 is 0 Å². The first kappa shape index (κ1) is 21.5. The molecule has 10 nitrogen and oxygen atoms in total. The van der Waals surface area contributed by atoms with Gasteiger partial charge in [-0.3, -0.25) is 9.36 Å². The standard InChI is InChI=1S/C20H23N3O7/c1-11-18(26)15(10-24)30-19(11)23-5-4-16(22-20(23)27)21-17(25)8-12-6-13(28-2)9-14(7-12)29-3/h4-7,9,15,18-19,24,26H,1,8,10H2,2-3H3,(H,21,22,25,27)/t15-,18+,19-/m1/s1. The summed E-state index contributed by atoms with van der Waals surface area (Å²) in [5, 5.41) is 21.8. The first-order valence-electron chi connectivity index (χ1n) is 9.10. The molecular formula is C20H23N3O7. The molecule has 2 heterocycles. The summed E-state index contributed by atoms with van der Waals surface area (Å²) >= 11 is 0. The number of ether oxygens (including phenoxy) is 3. The fourth-order valence-electron chi connectivity index (χ4n) is 3.10. The molecule has 1 fully saturated rings. The zero-order valence-electron chi connectivity index (χ0n) is 16.6. The Morgan fingerprint density at radius 1 is 1.30 bits per heavy atom. The summed E-state index contributed by atoms with van der Waals surface area (Å²) in [7, 11) is 3.03. The van der Waals surface area contributed by atoms with Gasteiger partial charge in [0.1, 0.15) is 29.5 Å². The number of aliphatic hydroxyl groups is 2. The van der Waals surface area contributed by atoms with E-state index in [0.717, 1.165) is 4.57 Å². The molecule has 2 aromatic rings. The zero-order valence-corrected chi connectivity index (χ0v) is 16.6. The van der Waals surface area contributed by atoms with E-state index in [1.165, 1.54) is 26.5 Å². The predicted molar refractivity (Wildman–Crippen MR) is 107 cm³/mol. The second-order valence-corrected chi connectivity index (χ2v) is 6.68. The Kier molecular flexibility index (Phi) is 6.50. The molecule has 1 aromatic heterocycles. The van der Waals surface area contributed by atoms with Crippen LogP contribution in [0.15, 0.2) is 47.4 Å². The van der Waals surface area contributed by atoms with Crippen molar-refractivity contribution in [2.24, 2.45) is 0 Å². The summed E-state index contributed by atoms with van der Waals surface area (Å²) in [6.07, 6.45) is -1.52. The lowest BCUT2D eigenvalue weighted by Gasteiger charge is -2.15. The molecule has 1 aromatic carbocycles. The second-order valence-electron chi connectivity index (χ2n) is 6.68. The highest BCUT2D eigenvalue weighted by molar-refractivity contribution is 5.91. The van der Waals surface area contributed by atoms with Crippen molar-refractivity contribution in [2.45, 2.75) is 24.9 Å². The third kappa shape index (κ3) is 4.51. The summed E-state index contributed by atoms with van der Waals surface area (Å²) in [6.45, 7) is 3.30. The maximum atomic E-state index is 12.4. The monoisotopic (exact) mass is 417 g/mol. The van der Waals surface area contributed by atoms with E-state index in [1.54, 1.807) is 18.2 Å². The molecule has 1 saturated heterocycles. The van der Waals surface area contributed by atoms with Crippen LogP contribution in [0.5, 0.6) is 11.5 Å². The van der Waals surface area contributed by atoms with Crippen LogP contribution in [-0.2, 0) is 16.0 Å². The van der Waals surface area contributed by atoms with Gasteiger partial charge in [-0.25, -0.2) is 4.79 Å². The van der Waals surface area contributed by atoms with Gasteiger partial charge >= 0.3 is 5.69 Å². The molecule has 1 amide bonds. The van der Waals surface area contributed by atoms with Crippen LogP contribution < -0.4 is 20.5 Å². The van der Waals surface area contributed by atoms with Crippen LogP contribution in [0.2, 0.25) is 0 Å². The van der Waals surface area contributed by atoms with Crippen LogP contribution in [0.25, 0.3) is 0 Å². The average molecular weight is 417 g/mol. The number of aliphatic hydroxyl groups excluding tert-OH is 2. The van der Waals surface area contributed by atoms with Crippen molar-refractivity contribution in [3.8, 4) is 11.5 Å². The molecule has 1 aliphatic heterocycles. The Hall–Kier alpha value is -3.21. The second kappa shape index (κ2) is 9.08. The molecule has 0 spiro atoms. The highest BCUT2D eigenvalue weighted by Gasteiger charge is 2.38. The fraction of sp³-hybridized carbons (Fsp3) is 0.350. The number of nitrogens with one attached hydrogen (secondary N) is 1. The summed E-state index contributed by atoms with van der Waals surface area (Å²) in [6, 6.07) is 6.54. The average Bonchev–Trinajstić information content (AvgIpc) is 3.01. The Labute approximate surface area is 172 Å². The van der Waals surface area contributed by atoms with E-state index in [4.69, 9.17) is 14.2 Å². The number of aromatic nitrogens is 2. The number of anilines is 1. The minimum atomic E-state index is -1.09. The van der Waals surface area contributed by atoms with Gasteiger partial charge in [0.2, 0.25) is 5.91 Å². The molecule has 10 heteroatoms. The molecule has 0 unspecified atom stereocenters. The third-order valence-electron chi connectivity index (χ3n) is 4.66. The number of carbonyl (C=O) groups is 1. The first-order chi connectivity index (χ1) is 14.4. The molecule has 160 valence electrons. The van der Waals surface area contributed by atoms with Gasteiger partial charge in [0.25, 0.3) is 0 Å². The molecule has 0 radical (unpaired) electrons. The predicted octanol–water partition coefficient (Wildman–Crippen LogP) is 0.248. The van der Waals surface area contributed by atoms with Gasteiger partial charge in [-0.1, -0.05) is 6.58 Å². The third-order valence-corrected chi connectivity index (χ3v) is 4.66. The largest absolute Gasteiger partial charge is 0.497 e. The smallest absolute Gasteiger partial charge is 0.351 e. The van der Waals surface area contributed by atoms with Crippen molar-refractivity contribution in [1.29, 1.82) is 0 Å². The van der Waals surface area contributed by atoms with E-state index in [0.29, 0.717) is 17.1 Å². The quantitative estimate of drug-likeness (QED) is 0.546. The molecule has 0 bridgehead atoms. The summed E-state index contributed by atoms with van der Waals surface area (Å²) in [5.74, 6) is 0.794. The van der Waals surface area contributed by atoms with Gasteiger partial charge in [-0.15, -0.1) is 0 Å². The molecule has 30 heavy (non-hydrogen) atoms. The maximum Gasteiger partial charge on any atom is 0.351 e. The van der Waals surface area contributed by atoms with Crippen LogP contribution in [0.4, 0.5) is 5.82 Å². The van der Waals surface area contributed by atoms with E-state index in [-0.39, 0.29) is 23.7 Å². The summed E-state index contributed by atoms with van der Waals surface area (Å²) in [4.78, 5) is 28.6. The first-order valence-corrected chi connectivity index (χ1v) is 9.10. The number of carbonyl (C=O) groups excluding carboxylic acids is 1. The van der Waals surface area contributed by atoms with Crippen LogP contribution in [0.3, 0.4) is 0 Å². The van der Waals surface area contributed by atoms with Crippen molar-refractivity contribution in [3.63, 3.8) is 0 Å². The van der Waals surface area contributed by atoms with Crippen molar-refractivity contribution in [1.82, 2.24) is 9.55 Å². The van der Waals surface area contributed by atoms with E-state index < -0.39 is 30.7 Å². The lowest BCUT2D eigenvalue weighted by Crippen LogP contribution is -2.29. The fourth-order valence-corrected chi connectivity index (χ4v) is 3.10. The number of nitrogens with zero attached hydrogens (tertiary/aromatic N) is 2. The lowest BCUT2D eigenvalue weighted by atomic mass is 10.1. The lowest BCUT2D eigenvalue weighted by molar-refractivity contribution is -0.115. The van der Waals surface area contributed by atoms with Gasteiger partial charge < -0.3 is 29.7 Å². The molecular weight excluding hydrogens is 394 g/mol. The summed E-state index contributed by atoms with van der Waals surface area (Å²) in [5.41, 5.74) is 0.200. The topological polar surface area (TPSA) is 132 Å². The van der Waals surface area contributed by atoms with Gasteiger partial charge in [0.15, 0.2) is 6.23 Å². The Balaban J connectivity index is 1.71. The summed E-state index contributed by atoms with van der Waals surface area (Å²) < 4.78 is 17.0. The van der Waals surface area contributed by atoms with Gasteiger partial charge in [-0.2, -0.15) is 4.98 Å². The number of hydrogen-bond acceptors (Lipinski definition) is 8. The van der Waals surface area contributed by atoms with Gasteiger partial charge in [0.05, 0.1) is 27.2 Å². The molecule has 3 rings (SSSR count). The van der Waals surface area contributed by atoms with Crippen LogP contribution in [0, 0.1) is 0 Å². The van der Waals surface area contributed by atoms with Crippen molar-refractivity contribution >= 4 is 11.7 Å². The zero-order chi connectivity index (χ0) is 21.8. The molecule has 1 aliphatic rings. The van der Waals surface area contributed by atoms with E-state index in [9.17, 15) is 19.8 Å². The number of amides is 1. The van der Waals surface area contributed by atoms with E-state index >= 15 is 0 Å². The molecule has 3 N–H and O–H groups in total. The Bertz CT molecular complexity index is 982. The normalized spacial score (nSPS) is 20.8. The number of methoxy groups -OCH3 is 2. The molecule has 3 atom stereocenters. The highest BCUT2D eigenvalue weighted by Crippen LogP contribution is 2.31. The Morgan fingerprint density at radius 3 is 2.50 bits per heavy atom. The number of rotatable bonds is 7. The Morgan fingerprint density at radius 2 is 1.97 bits per heavy atom. The SMILES string of the molecule is C=C1[C@H](n2ccc(NC(=O)Cc3cc(OC)cc(OC)c3)nc2=O)O[C@H](CO)[C@H]1O. The van der Waals surface area contributed by atoms with Crippen molar-refractivity contribution < 1.29 is 29.2 Å². The van der Waals surface area contributed by atoms with E-state index in [1.807, 2.05) is 0 Å². The molecule has 0 aliphatic carbocycles. The van der Waals surface area contributed by atoms with Crippen molar-refractivity contribution in [3.05, 3.63) is 58.7 Å².